The Hall–Kier alpha value is -1.67. The van der Waals surface area contributed by atoms with Gasteiger partial charge in [0.25, 0.3) is 5.91 Å². The van der Waals surface area contributed by atoms with E-state index in [1.807, 2.05) is 50.5 Å². The molecule has 0 aliphatic heterocycles. The van der Waals surface area contributed by atoms with Gasteiger partial charge in [-0.25, -0.2) is 4.98 Å². The molecule has 3 rings (SSSR count). The van der Waals surface area contributed by atoms with Crippen molar-refractivity contribution in [3.05, 3.63) is 52.0 Å². The minimum Gasteiger partial charge on any atom is -0.494 e. The topological polar surface area (TPSA) is 45.7 Å². The van der Waals surface area contributed by atoms with E-state index >= 15 is 0 Å². The van der Waals surface area contributed by atoms with Crippen molar-refractivity contribution < 1.29 is 9.53 Å². The maximum absolute atomic E-state index is 13.4. The number of aromatic nitrogens is 1. The first kappa shape index (κ1) is 23.6. The number of hydrogen-bond acceptors (Lipinski definition) is 5. The molecule has 0 aliphatic carbocycles. The second-order valence-corrected chi connectivity index (χ2v) is 8.68. The predicted octanol–water partition coefficient (Wildman–Crippen LogP) is 5.40. The van der Waals surface area contributed by atoms with Crippen molar-refractivity contribution >= 4 is 60.9 Å². The first-order valence-electron chi connectivity index (χ1n) is 9.07. The third-order valence-corrected chi connectivity index (χ3v) is 6.38. The van der Waals surface area contributed by atoms with Gasteiger partial charge in [-0.1, -0.05) is 29.5 Å². The van der Waals surface area contributed by atoms with Gasteiger partial charge in [0.15, 0.2) is 5.13 Å². The van der Waals surface area contributed by atoms with Gasteiger partial charge in [0.2, 0.25) is 0 Å². The summed E-state index contributed by atoms with van der Waals surface area (Å²) >= 11 is 5.04. The highest BCUT2D eigenvalue weighted by atomic mass is 79.9. The molecule has 3 aromatic rings. The molecule has 0 unspecified atom stereocenters. The molecular formula is C21H25BrClN3O2S. The number of fused-ring (bicyclic) bond motifs is 1. The smallest absolute Gasteiger partial charge is 0.261 e. The molecule has 2 aromatic carbocycles. The summed E-state index contributed by atoms with van der Waals surface area (Å²) in [6.45, 7) is 3.54. The molecule has 156 valence electrons. The summed E-state index contributed by atoms with van der Waals surface area (Å²) < 4.78 is 7.31. The van der Waals surface area contributed by atoms with Crippen LogP contribution >= 0.6 is 39.7 Å². The summed E-state index contributed by atoms with van der Waals surface area (Å²) in [7, 11) is 5.71. The van der Waals surface area contributed by atoms with E-state index in [1.165, 1.54) is 11.3 Å². The van der Waals surface area contributed by atoms with Crippen LogP contribution in [0, 0.1) is 6.92 Å². The molecule has 0 spiro atoms. The van der Waals surface area contributed by atoms with Crippen LogP contribution in [0.5, 0.6) is 5.75 Å². The molecule has 5 nitrogen and oxygen atoms in total. The van der Waals surface area contributed by atoms with Gasteiger partial charge in [0, 0.05) is 11.0 Å². The highest BCUT2D eigenvalue weighted by Gasteiger charge is 2.24. The Morgan fingerprint density at radius 3 is 2.55 bits per heavy atom. The number of nitrogens with zero attached hydrogens (tertiary/aromatic N) is 3. The Balaban J connectivity index is 0.00000300. The molecule has 0 aliphatic rings. The molecule has 1 heterocycles. The number of halogens is 2. The van der Waals surface area contributed by atoms with E-state index in [2.05, 4.69) is 27.8 Å². The van der Waals surface area contributed by atoms with Gasteiger partial charge in [-0.3, -0.25) is 9.69 Å². The van der Waals surface area contributed by atoms with Crippen molar-refractivity contribution in [3.63, 3.8) is 0 Å². The monoisotopic (exact) mass is 497 g/mol. The van der Waals surface area contributed by atoms with E-state index < -0.39 is 0 Å². The fourth-order valence-corrected chi connectivity index (χ4v) is 4.52. The van der Waals surface area contributed by atoms with Crippen LogP contribution in [-0.4, -0.2) is 50.1 Å². The number of benzene rings is 2. The number of ether oxygens (including phenoxy) is 1. The standard InChI is InChI=1S/C21H24BrN3O2S.ClH/c1-14-10-11-17(27-4)18-19(14)28-21(23-18)25(13-7-12-24(2)3)20(26)15-8-5-6-9-16(15)22;/h5-6,8-11H,7,12-13H2,1-4H3;1H. The Bertz CT molecular complexity index is 993. The molecule has 0 fully saturated rings. The van der Waals surface area contributed by atoms with Crippen molar-refractivity contribution in [2.45, 2.75) is 13.3 Å². The van der Waals surface area contributed by atoms with Crippen LogP contribution in [0.15, 0.2) is 40.9 Å². The number of carbonyl (C=O) groups excluding carboxylic acids is 1. The van der Waals surface area contributed by atoms with E-state index in [0.29, 0.717) is 17.2 Å². The van der Waals surface area contributed by atoms with Gasteiger partial charge in [-0.15, -0.1) is 12.4 Å². The number of amides is 1. The number of rotatable bonds is 7. The SMILES string of the molecule is COc1ccc(C)c2sc(N(CCCN(C)C)C(=O)c3ccccc3Br)nc12.Cl. The lowest BCUT2D eigenvalue weighted by atomic mass is 10.2. The third kappa shape index (κ3) is 5.28. The van der Waals surface area contributed by atoms with Crippen molar-refractivity contribution in [2.24, 2.45) is 0 Å². The van der Waals surface area contributed by atoms with Crippen LogP contribution in [0.4, 0.5) is 5.13 Å². The average molecular weight is 499 g/mol. The van der Waals surface area contributed by atoms with Gasteiger partial charge >= 0.3 is 0 Å². The van der Waals surface area contributed by atoms with Crippen LogP contribution in [0.3, 0.4) is 0 Å². The molecule has 0 saturated heterocycles. The highest BCUT2D eigenvalue weighted by molar-refractivity contribution is 9.10. The Morgan fingerprint density at radius 1 is 1.17 bits per heavy atom. The summed E-state index contributed by atoms with van der Waals surface area (Å²) in [4.78, 5) is 22.1. The zero-order chi connectivity index (χ0) is 20.3. The number of thiazole rings is 1. The molecule has 1 amide bonds. The molecule has 8 heteroatoms. The van der Waals surface area contributed by atoms with Gasteiger partial charge in [0.1, 0.15) is 11.3 Å². The van der Waals surface area contributed by atoms with Crippen LogP contribution in [0.25, 0.3) is 10.2 Å². The fraction of sp³-hybridized carbons (Fsp3) is 0.333. The van der Waals surface area contributed by atoms with Crippen LogP contribution < -0.4 is 9.64 Å². The lowest BCUT2D eigenvalue weighted by molar-refractivity contribution is 0.0985. The molecule has 0 saturated carbocycles. The minimum atomic E-state index is -0.0538. The molecule has 0 bridgehead atoms. The summed E-state index contributed by atoms with van der Waals surface area (Å²) in [5.74, 6) is 0.673. The number of hydrogen-bond donors (Lipinski definition) is 0. The Kier molecular flexibility index (Phi) is 8.46. The highest BCUT2D eigenvalue weighted by Crippen LogP contribution is 2.37. The molecular weight excluding hydrogens is 474 g/mol. The van der Waals surface area contributed by atoms with E-state index in [0.717, 1.165) is 39.0 Å². The lowest BCUT2D eigenvalue weighted by Gasteiger charge is -2.21. The minimum absolute atomic E-state index is 0. The molecule has 0 N–H and O–H groups in total. The zero-order valence-corrected chi connectivity index (χ0v) is 20.2. The molecule has 0 radical (unpaired) electrons. The summed E-state index contributed by atoms with van der Waals surface area (Å²) in [5, 5.41) is 0.696. The Labute approximate surface area is 190 Å². The molecule has 0 atom stereocenters. The van der Waals surface area contributed by atoms with E-state index in [9.17, 15) is 4.79 Å². The van der Waals surface area contributed by atoms with E-state index in [4.69, 9.17) is 9.72 Å². The maximum Gasteiger partial charge on any atom is 0.261 e. The summed E-state index contributed by atoms with van der Waals surface area (Å²) in [5.41, 5.74) is 2.57. The number of aryl methyl sites for hydroxylation is 1. The maximum atomic E-state index is 13.4. The first-order chi connectivity index (χ1) is 13.4. The van der Waals surface area contributed by atoms with Crippen LogP contribution in [0.2, 0.25) is 0 Å². The van der Waals surface area contributed by atoms with Crippen molar-refractivity contribution in [1.82, 2.24) is 9.88 Å². The second kappa shape index (κ2) is 10.4. The lowest BCUT2D eigenvalue weighted by Crippen LogP contribution is -2.33. The second-order valence-electron chi connectivity index (χ2n) is 6.85. The van der Waals surface area contributed by atoms with Gasteiger partial charge < -0.3 is 9.64 Å². The number of methoxy groups -OCH3 is 1. The van der Waals surface area contributed by atoms with Gasteiger partial charge in [0.05, 0.1) is 17.4 Å². The van der Waals surface area contributed by atoms with Crippen LogP contribution in [0.1, 0.15) is 22.3 Å². The van der Waals surface area contributed by atoms with E-state index in [1.54, 1.807) is 12.0 Å². The van der Waals surface area contributed by atoms with E-state index in [-0.39, 0.29) is 18.3 Å². The van der Waals surface area contributed by atoms with Gasteiger partial charge in [-0.2, -0.15) is 0 Å². The molecule has 29 heavy (non-hydrogen) atoms. The average Bonchev–Trinajstić information content (AvgIpc) is 3.11. The zero-order valence-electron chi connectivity index (χ0n) is 16.9. The third-order valence-electron chi connectivity index (χ3n) is 4.48. The number of anilines is 1. The van der Waals surface area contributed by atoms with Crippen LogP contribution in [-0.2, 0) is 0 Å². The van der Waals surface area contributed by atoms with Crippen molar-refractivity contribution in [1.29, 1.82) is 0 Å². The van der Waals surface area contributed by atoms with Gasteiger partial charge in [-0.05, 0) is 73.7 Å². The normalized spacial score (nSPS) is 10.8. The quantitative estimate of drug-likeness (QED) is 0.438. The summed E-state index contributed by atoms with van der Waals surface area (Å²) in [6, 6.07) is 11.5. The predicted molar refractivity (Wildman–Crippen MR) is 127 cm³/mol. The Morgan fingerprint density at radius 2 is 1.90 bits per heavy atom. The molecule has 1 aromatic heterocycles. The summed E-state index contributed by atoms with van der Waals surface area (Å²) in [6.07, 6.45) is 0.856. The van der Waals surface area contributed by atoms with Crippen molar-refractivity contribution in [3.8, 4) is 5.75 Å². The fourth-order valence-electron chi connectivity index (χ4n) is 2.99. The first-order valence-corrected chi connectivity index (χ1v) is 10.7. The van der Waals surface area contributed by atoms with Crippen molar-refractivity contribution in [2.75, 3.05) is 39.2 Å². The number of carbonyl (C=O) groups is 1. The largest absolute Gasteiger partial charge is 0.494 e.